The van der Waals surface area contributed by atoms with E-state index < -0.39 is 7.12 Å². The zero-order valence-electron chi connectivity index (χ0n) is 16.7. The predicted molar refractivity (Wildman–Crippen MR) is 101 cm³/mol. The third kappa shape index (κ3) is 3.71. The van der Waals surface area contributed by atoms with Crippen LogP contribution in [-0.2, 0) is 14.1 Å². The summed E-state index contributed by atoms with van der Waals surface area (Å²) in [5.41, 5.74) is 0.0699. The number of anilines is 1. The highest BCUT2D eigenvalue weighted by atomic mass is 16.7. The van der Waals surface area contributed by atoms with Gasteiger partial charge in [-0.15, -0.1) is 0 Å². The van der Waals surface area contributed by atoms with E-state index in [1.165, 1.54) is 0 Å². The van der Waals surface area contributed by atoms with Crippen LogP contribution in [0.2, 0.25) is 0 Å². The lowest BCUT2D eigenvalue weighted by molar-refractivity contribution is -0.127. The van der Waals surface area contributed by atoms with Crippen LogP contribution >= 0.6 is 0 Å². The molecule has 1 amide bonds. The van der Waals surface area contributed by atoms with Gasteiger partial charge in [0.1, 0.15) is 0 Å². The fraction of sp³-hybridized carbons (Fsp3) is 0.722. The normalized spacial score (nSPS) is 24.2. The van der Waals surface area contributed by atoms with Gasteiger partial charge in [0, 0.05) is 51.5 Å². The molecule has 7 nitrogen and oxygen atoms in total. The van der Waals surface area contributed by atoms with Crippen LogP contribution in [-0.4, -0.2) is 65.8 Å². The minimum atomic E-state index is -0.446. The Kier molecular flexibility index (Phi) is 5.01. The lowest BCUT2D eigenvalue weighted by Gasteiger charge is -2.32. The Balaban J connectivity index is 1.60. The summed E-state index contributed by atoms with van der Waals surface area (Å²) in [6, 6.07) is 0. The number of carbonyl (C=O) groups excluding carboxylic acids is 1. The largest absolute Gasteiger partial charge is 0.498 e. The molecule has 1 atom stereocenters. The number of aromatic nitrogens is 2. The van der Waals surface area contributed by atoms with Crippen molar-refractivity contribution < 1.29 is 14.1 Å². The van der Waals surface area contributed by atoms with Crippen LogP contribution in [0.3, 0.4) is 0 Å². The van der Waals surface area contributed by atoms with Gasteiger partial charge in [-0.25, -0.2) is 9.97 Å². The Morgan fingerprint density at radius 2 is 1.85 bits per heavy atom. The van der Waals surface area contributed by atoms with Crippen molar-refractivity contribution in [2.24, 2.45) is 5.92 Å². The molecule has 0 aliphatic carbocycles. The average molecular weight is 360 g/mol. The number of likely N-dealkylation sites (tertiary alicyclic amines) is 1. The predicted octanol–water partition coefficient (Wildman–Crippen LogP) is 1.08. The Morgan fingerprint density at radius 3 is 2.35 bits per heavy atom. The third-order valence-corrected chi connectivity index (χ3v) is 5.79. The molecule has 26 heavy (non-hydrogen) atoms. The van der Waals surface area contributed by atoms with Crippen molar-refractivity contribution in [3.63, 3.8) is 0 Å². The quantitative estimate of drug-likeness (QED) is 0.749. The molecule has 0 spiro atoms. The lowest BCUT2D eigenvalue weighted by atomic mass is 9.81. The van der Waals surface area contributed by atoms with Crippen LogP contribution < -0.4 is 10.4 Å². The van der Waals surface area contributed by atoms with Crippen LogP contribution in [0, 0.1) is 5.92 Å². The van der Waals surface area contributed by atoms with Crippen LogP contribution in [0.25, 0.3) is 0 Å². The standard InChI is InChI=1S/C18H29BN4O3/c1-13(24)23-8-7-14(12-23)11-22(6)16-20-9-15(10-21-16)19-25-17(2,3)18(4,5)26-19/h9-10,14H,7-8,11-12H2,1-6H3/t14-/m1/s1. The first-order valence-electron chi connectivity index (χ1n) is 9.23. The molecule has 142 valence electrons. The van der Waals surface area contributed by atoms with Crippen molar-refractivity contribution in [2.75, 3.05) is 31.6 Å². The summed E-state index contributed by atoms with van der Waals surface area (Å²) in [5, 5.41) is 0. The Hall–Kier alpha value is -1.67. The second-order valence-electron chi connectivity index (χ2n) is 8.40. The maximum atomic E-state index is 11.5. The van der Waals surface area contributed by atoms with Crippen molar-refractivity contribution in [3.8, 4) is 0 Å². The molecule has 0 radical (unpaired) electrons. The maximum Gasteiger partial charge on any atom is 0.498 e. The van der Waals surface area contributed by atoms with Gasteiger partial charge in [0.15, 0.2) is 0 Å². The zero-order valence-corrected chi connectivity index (χ0v) is 16.7. The third-order valence-electron chi connectivity index (χ3n) is 5.79. The number of nitrogens with zero attached hydrogens (tertiary/aromatic N) is 4. The van der Waals surface area contributed by atoms with Crippen molar-refractivity contribution in [1.29, 1.82) is 0 Å². The highest BCUT2D eigenvalue weighted by molar-refractivity contribution is 6.61. The first-order chi connectivity index (χ1) is 12.1. The SMILES string of the molecule is CC(=O)N1CC[C@H](CN(C)c2ncc(B3OC(C)(C)C(C)(C)O3)cn2)C1. The summed E-state index contributed by atoms with van der Waals surface area (Å²) in [4.78, 5) is 24.4. The number of rotatable bonds is 4. The highest BCUT2D eigenvalue weighted by Crippen LogP contribution is 2.36. The van der Waals surface area contributed by atoms with Gasteiger partial charge < -0.3 is 19.1 Å². The van der Waals surface area contributed by atoms with E-state index in [0.29, 0.717) is 11.9 Å². The molecule has 0 N–H and O–H groups in total. The molecule has 2 aliphatic heterocycles. The maximum absolute atomic E-state index is 11.5. The number of carbonyl (C=O) groups is 1. The molecule has 0 saturated carbocycles. The van der Waals surface area contributed by atoms with Crippen LogP contribution in [0.4, 0.5) is 5.95 Å². The Labute approximate surface area is 156 Å². The summed E-state index contributed by atoms with van der Waals surface area (Å²) >= 11 is 0. The molecule has 0 bridgehead atoms. The van der Waals surface area contributed by atoms with Crippen LogP contribution in [0.1, 0.15) is 41.0 Å². The van der Waals surface area contributed by atoms with E-state index in [4.69, 9.17) is 9.31 Å². The van der Waals surface area contributed by atoms with E-state index in [1.807, 2.05) is 44.5 Å². The summed E-state index contributed by atoms with van der Waals surface area (Å²) in [6.07, 6.45) is 4.57. The Morgan fingerprint density at radius 1 is 1.27 bits per heavy atom. The van der Waals surface area contributed by atoms with Gasteiger partial charge >= 0.3 is 7.12 Å². The van der Waals surface area contributed by atoms with Crippen molar-refractivity contribution >= 4 is 24.4 Å². The number of hydrogen-bond donors (Lipinski definition) is 0. The van der Waals surface area contributed by atoms with Gasteiger partial charge in [-0.1, -0.05) is 0 Å². The minimum Gasteiger partial charge on any atom is -0.399 e. The summed E-state index contributed by atoms with van der Waals surface area (Å²) in [7, 11) is 1.54. The second-order valence-corrected chi connectivity index (χ2v) is 8.40. The van der Waals surface area contributed by atoms with E-state index in [2.05, 4.69) is 9.97 Å². The summed E-state index contributed by atoms with van der Waals surface area (Å²) in [5.74, 6) is 1.28. The monoisotopic (exact) mass is 360 g/mol. The Bertz CT molecular complexity index is 649. The minimum absolute atomic E-state index is 0.151. The van der Waals surface area contributed by atoms with Gasteiger partial charge in [0.25, 0.3) is 0 Å². The van der Waals surface area contributed by atoms with Gasteiger partial charge in [0.2, 0.25) is 11.9 Å². The van der Waals surface area contributed by atoms with Gasteiger partial charge in [0.05, 0.1) is 11.2 Å². The molecular weight excluding hydrogens is 331 g/mol. The first-order valence-corrected chi connectivity index (χ1v) is 9.23. The summed E-state index contributed by atoms with van der Waals surface area (Å²) < 4.78 is 12.1. The van der Waals surface area contributed by atoms with E-state index in [1.54, 1.807) is 19.3 Å². The molecule has 2 fully saturated rings. The molecule has 3 heterocycles. The molecule has 8 heteroatoms. The number of amides is 1. The fourth-order valence-corrected chi connectivity index (χ4v) is 3.37. The van der Waals surface area contributed by atoms with Crippen molar-refractivity contribution in [3.05, 3.63) is 12.4 Å². The van der Waals surface area contributed by atoms with Crippen LogP contribution in [0.5, 0.6) is 0 Å². The molecule has 0 aromatic carbocycles. The van der Waals surface area contributed by atoms with E-state index in [-0.39, 0.29) is 17.1 Å². The van der Waals surface area contributed by atoms with Crippen molar-refractivity contribution in [2.45, 2.75) is 52.2 Å². The van der Waals surface area contributed by atoms with E-state index in [9.17, 15) is 4.79 Å². The molecule has 1 aromatic heterocycles. The highest BCUT2D eigenvalue weighted by Gasteiger charge is 2.52. The van der Waals surface area contributed by atoms with Gasteiger partial charge in [-0.05, 0) is 40.0 Å². The fourth-order valence-electron chi connectivity index (χ4n) is 3.37. The molecule has 3 rings (SSSR count). The smallest absolute Gasteiger partial charge is 0.399 e. The average Bonchev–Trinajstić information content (AvgIpc) is 3.10. The topological polar surface area (TPSA) is 67.8 Å². The lowest BCUT2D eigenvalue weighted by Crippen LogP contribution is -2.41. The molecular formula is C18H29BN4O3. The van der Waals surface area contributed by atoms with Crippen molar-refractivity contribution in [1.82, 2.24) is 14.9 Å². The molecule has 2 aliphatic rings. The first kappa shape index (κ1) is 19.1. The second kappa shape index (κ2) is 6.81. The van der Waals surface area contributed by atoms with Gasteiger partial charge in [-0.3, -0.25) is 4.79 Å². The molecule has 2 saturated heterocycles. The van der Waals surface area contributed by atoms with Gasteiger partial charge in [-0.2, -0.15) is 0 Å². The number of hydrogen-bond acceptors (Lipinski definition) is 6. The summed E-state index contributed by atoms with van der Waals surface area (Å²) in [6.45, 7) is 12.2. The zero-order chi connectivity index (χ0) is 19.1. The molecule has 0 unspecified atom stereocenters. The molecule has 1 aromatic rings. The van der Waals surface area contributed by atoms with Crippen LogP contribution in [0.15, 0.2) is 12.4 Å². The van der Waals surface area contributed by atoms with E-state index in [0.717, 1.165) is 31.5 Å². The van der Waals surface area contributed by atoms with E-state index >= 15 is 0 Å².